The van der Waals surface area contributed by atoms with Gasteiger partial charge in [0.15, 0.2) is 0 Å². The molecular formula is C20H25ClN4O3. The van der Waals surface area contributed by atoms with Gasteiger partial charge in [0.2, 0.25) is 11.8 Å². The molecule has 28 heavy (non-hydrogen) atoms. The fourth-order valence-electron chi connectivity index (χ4n) is 3.13. The molecule has 0 saturated carbocycles. The molecule has 2 atom stereocenters. The van der Waals surface area contributed by atoms with Gasteiger partial charge < -0.3 is 20.7 Å². The Balaban J connectivity index is 0.00000280. The molecule has 1 aliphatic rings. The van der Waals surface area contributed by atoms with E-state index in [0.29, 0.717) is 28.9 Å². The molecule has 1 aromatic heterocycles. The van der Waals surface area contributed by atoms with Gasteiger partial charge in [0.1, 0.15) is 0 Å². The first-order valence-corrected chi connectivity index (χ1v) is 9.01. The summed E-state index contributed by atoms with van der Waals surface area (Å²) in [5, 5.41) is 9.05. The molecule has 1 fully saturated rings. The van der Waals surface area contributed by atoms with Gasteiger partial charge in [-0.05, 0) is 50.6 Å². The number of carbonyl (C=O) groups excluding carboxylic acids is 2. The summed E-state index contributed by atoms with van der Waals surface area (Å²) in [6.45, 7) is 2.93. The minimum absolute atomic E-state index is 0. The highest BCUT2D eigenvalue weighted by molar-refractivity contribution is 6.05. The molecule has 1 aromatic carbocycles. The van der Waals surface area contributed by atoms with E-state index >= 15 is 0 Å². The highest BCUT2D eigenvalue weighted by atomic mass is 35.5. The number of amides is 2. The Hall–Kier alpha value is -2.64. The molecule has 150 valence electrons. The number of hydrogen-bond donors (Lipinski definition) is 3. The fraction of sp³-hybridized carbons (Fsp3) is 0.350. The molecule has 1 aliphatic heterocycles. The number of aromatic nitrogens is 1. The van der Waals surface area contributed by atoms with Crippen molar-refractivity contribution in [3.8, 4) is 5.88 Å². The van der Waals surface area contributed by atoms with Crippen molar-refractivity contribution < 1.29 is 14.3 Å². The molecule has 2 amide bonds. The summed E-state index contributed by atoms with van der Waals surface area (Å²) >= 11 is 0. The summed E-state index contributed by atoms with van der Waals surface area (Å²) in [4.78, 5) is 29.0. The maximum absolute atomic E-state index is 12.5. The van der Waals surface area contributed by atoms with Crippen molar-refractivity contribution in [3.63, 3.8) is 0 Å². The van der Waals surface area contributed by atoms with E-state index in [4.69, 9.17) is 4.74 Å². The van der Waals surface area contributed by atoms with Crippen LogP contribution >= 0.6 is 12.4 Å². The standard InChI is InChI=1S/C20H24N4O3.ClH/c1-13-10-15(8-9-21-13)20(26)23-16-5-3-4-14(11-16)19(25)24-17-6-7-18(27-2)22-12-17;/h3-7,11-13,15,21H,8-10H2,1-2H3,(H,23,26)(H,24,25);1H/t13-,15-;/m0./s1. The van der Waals surface area contributed by atoms with Gasteiger partial charge in [-0.25, -0.2) is 4.98 Å². The quantitative estimate of drug-likeness (QED) is 0.712. The van der Waals surface area contributed by atoms with Crippen molar-refractivity contribution in [1.82, 2.24) is 10.3 Å². The fourth-order valence-corrected chi connectivity index (χ4v) is 3.13. The smallest absolute Gasteiger partial charge is 0.255 e. The number of ether oxygens (including phenoxy) is 1. The summed E-state index contributed by atoms with van der Waals surface area (Å²) in [5.74, 6) is 0.197. The number of piperidine rings is 1. The van der Waals surface area contributed by atoms with Crippen molar-refractivity contribution >= 4 is 35.6 Å². The number of nitrogens with one attached hydrogen (secondary N) is 3. The van der Waals surface area contributed by atoms with Gasteiger partial charge in [0.05, 0.1) is 19.0 Å². The third-order valence-corrected chi connectivity index (χ3v) is 4.59. The second-order valence-corrected chi connectivity index (χ2v) is 6.69. The number of benzene rings is 1. The number of hydrogen-bond acceptors (Lipinski definition) is 5. The minimum Gasteiger partial charge on any atom is -0.481 e. The van der Waals surface area contributed by atoms with Crippen molar-refractivity contribution in [2.24, 2.45) is 5.92 Å². The van der Waals surface area contributed by atoms with E-state index in [1.807, 2.05) is 0 Å². The van der Waals surface area contributed by atoms with Crippen LogP contribution in [-0.2, 0) is 4.79 Å². The lowest BCUT2D eigenvalue weighted by Gasteiger charge is -2.27. The normalized spacial score (nSPS) is 18.5. The summed E-state index contributed by atoms with van der Waals surface area (Å²) < 4.78 is 5.00. The van der Waals surface area contributed by atoms with Crippen molar-refractivity contribution in [1.29, 1.82) is 0 Å². The number of anilines is 2. The van der Waals surface area contributed by atoms with E-state index < -0.39 is 0 Å². The Morgan fingerprint density at radius 2 is 2.00 bits per heavy atom. The average Bonchev–Trinajstić information content (AvgIpc) is 2.68. The molecule has 0 bridgehead atoms. The van der Waals surface area contributed by atoms with Gasteiger partial charge in [-0.3, -0.25) is 9.59 Å². The largest absolute Gasteiger partial charge is 0.481 e. The minimum atomic E-state index is -0.270. The lowest BCUT2D eigenvalue weighted by Crippen LogP contribution is -2.40. The van der Waals surface area contributed by atoms with E-state index in [2.05, 4.69) is 27.9 Å². The first-order chi connectivity index (χ1) is 13.0. The topological polar surface area (TPSA) is 92.4 Å². The molecule has 8 heteroatoms. The van der Waals surface area contributed by atoms with Gasteiger partial charge in [-0.2, -0.15) is 0 Å². The Morgan fingerprint density at radius 1 is 1.18 bits per heavy atom. The van der Waals surface area contributed by atoms with Crippen LogP contribution in [0.15, 0.2) is 42.6 Å². The molecule has 2 heterocycles. The summed E-state index contributed by atoms with van der Waals surface area (Å²) in [6.07, 6.45) is 3.16. The van der Waals surface area contributed by atoms with Gasteiger partial charge in [-0.15, -0.1) is 12.4 Å². The third-order valence-electron chi connectivity index (χ3n) is 4.59. The van der Waals surface area contributed by atoms with E-state index in [0.717, 1.165) is 19.4 Å². The van der Waals surface area contributed by atoms with Gasteiger partial charge in [0.25, 0.3) is 5.91 Å². The maximum atomic E-state index is 12.5. The molecular weight excluding hydrogens is 380 g/mol. The predicted molar refractivity (Wildman–Crippen MR) is 111 cm³/mol. The number of halogens is 1. The van der Waals surface area contributed by atoms with Crippen LogP contribution in [-0.4, -0.2) is 36.5 Å². The van der Waals surface area contributed by atoms with Crippen LogP contribution in [0.3, 0.4) is 0 Å². The van der Waals surface area contributed by atoms with Crippen molar-refractivity contribution in [3.05, 3.63) is 48.2 Å². The summed E-state index contributed by atoms with van der Waals surface area (Å²) in [7, 11) is 1.53. The molecule has 1 saturated heterocycles. The van der Waals surface area contributed by atoms with E-state index in [9.17, 15) is 9.59 Å². The summed E-state index contributed by atoms with van der Waals surface area (Å²) in [5.41, 5.74) is 1.65. The second-order valence-electron chi connectivity index (χ2n) is 6.69. The Kier molecular flexibility index (Phi) is 7.78. The number of nitrogens with zero attached hydrogens (tertiary/aromatic N) is 1. The van der Waals surface area contributed by atoms with Gasteiger partial charge in [0, 0.05) is 29.3 Å². The van der Waals surface area contributed by atoms with E-state index in [1.165, 1.54) is 13.3 Å². The predicted octanol–water partition coefficient (Wildman–Crippen LogP) is 3.09. The van der Waals surface area contributed by atoms with Crippen LogP contribution in [0, 0.1) is 5.92 Å². The molecule has 3 N–H and O–H groups in total. The SMILES string of the molecule is COc1ccc(NC(=O)c2cccc(NC(=O)[C@H]3CCN[C@@H](C)C3)c2)cn1.Cl. The van der Waals surface area contributed by atoms with Crippen LogP contribution < -0.4 is 20.7 Å². The second kappa shape index (κ2) is 10.1. The molecule has 0 unspecified atom stereocenters. The lowest BCUT2D eigenvalue weighted by molar-refractivity contribution is -0.120. The van der Waals surface area contributed by atoms with Crippen LogP contribution in [0.1, 0.15) is 30.1 Å². The van der Waals surface area contributed by atoms with Gasteiger partial charge >= 0.3 is 0 Å². The van der Waals surface area contributed by atoms with E-state index in [1.54, 1.807) is 36.4 Å². The Labute approximate surface area is 170 Å². The molecule has 0 radical (unpaired) electrons. The molecule has 0 spiro atoms. The van der Waals surface area contributed by atoms with E-state index in [-0.39, 0.29) is 30.1 Å². The Morgan fingerprint density at radius 3 is 2.68 bits per heavy atom. The van der Waals surface area contributed by atoms with Crippen LogP contribution in [0.2, 0.25) is 0 Å². The maximum Gasteiger partial charge on any atom is 0.255 e. The number of pyridine rings is 1. The third kappa shape index (κ3) is 5.68. The molecule has 3 rings (SSSR count). The average molecular weight is 405 g/mol. The molecule has 0 aliphatic carbocycles. The molecule has 2 aromatic rings. The zero-order valence-electron chi connectivity index (χ0n) is 15.9. The zero-order chi connectivity index (χ0) is 19.2. The van der Waals surface area contributed by atoms with Crippen LogP contribution in [0.25, 0.3) is 0 Å². The first-order valence-electron chi connectivity index (χ1n) is 9.01. The highest BCUT2D eigenvalue weighted by Gasteiger charge is 2.24. The first kappa shape index (κ1) is 21.7. The Bertz CT molecular complexity index is 813. The monoisotopic (exact) mass is 404 g/mol. The van der Waals surface area contributed by atoms with Crippen molar-refractivity contribution in [2.75, 3.05) is 24.3 Å². The highest BCUT2D eigenvalue weighted by Crippen LogP contribution is 2.20. The number of rotatable bonds is 5. The van der Waals surface area contributed by atoms with Gasteiger partial charge in [-0.1, -0.05) is 6.07 Å². The lowest BCUT2D eigenvalue weighted by atomic mass is 9.92. The summed E-state index contributed by atoms with van der Waals surface area (Å²) in [6, 6.07) is 10.6. The number of carbonyl (C=O) groups is 2. The van der Waals surface area contributed by atoms with Crippen LogP contribution in [0.4, 0.5) is 11.4 Å². The number of methoxy groups -OCH3 is 1. The van der Waals surface area contributed by atoms with Crippen LogP contribution in [0.5, 0.6) is 5.88 Å². The zero-order valence-corrected chi connectivity index (χ0v) is 16.7. The van der Waals surface area contributed by atoms with Crippen molar-refractivity contribution in [2.45, 2.75) is 25.8 Å². The molecule has 7 nitrogen and oxygen atoms in total.